The third-order valence-corrected chi connectivity index (χ3v) is 9.81. The number of hydrogen-bond donors (Lipinski definition) is 1. The monoisotopic (exact) mass is 571 g/mol. The topological polar surface area (TPSA) is 91.1 Å². The minimum Gasteiger partial charge on any atom is -0.437 e. The number of thioether (sulfide) groups is 1. The number of likely N-dealkylation sites (tertiary alicyclic amines) is 1. The van der Waals surface area contributed by atoms with E-state index in [2.05, 4.69) is 47.9 Å². The van der Waals surface area contributed by atoms with Crippen LogP contribution in [-0.4, -0.2) is 44.7 Å². The Morgan fingerprint density at radius 3 is 2.80 bits per heavy atom. The highest BCUT2D eigenvalue weighted by Crippen LogP contribution is 2.54. The largest absolute Gasteiger partial charge is 0.437 e. The molecule has 6 rings (SSSR count). The molecular weight excluding hydrogens is 542 g/mol. The number of aliphatic hydroxyl groups excluding tert-OH is 1. The zero-order chi connectivity index (χ0) is 27.9. The van der Waals surface area contributed by atoms with Crippen molar-refractivity contribution in [2.75, 3.05) is 20.1 Å². The number of benzene rings is 2. The maximum Gasteiger partial charge on any atom is 0.216 e. The third-order valence-electron chi connectivity index (χ3n) is 8.06. The van der Waals surface area contributed by atoms with Gasteiger partial charge >= 0.3 is 0 Å². The molecule has 0 radical (unpaired) electrons. The molecule has 2 aromatic heterocycles. The zero-order valence-electron chi connectivity index (χ0n) is 22.4. The van der Waals surface area contributed by atoms with E-state index in [0.29, 0.717) is 39.2 Å². The maximum atomic E-state index is 9.81. The summed E-state index contributed by atoms with van der Waals surface area (Å²) in [6.45, 7) is 4.11. The summed E-state index contributed by atoms with van der Waals surface area (Å²) in [4.78, 5) is 12.1. The number of imidazole rings is 1. The van der Waals surface area contributed by atoms with Crippen LogP contribution in [0, 0.1) is 17.2 Å². The van der Waals surface area contributed by atoms with Gasteiger partial charge in [0.15, 0.2) is 5.58 Å². The van der Waals surface area contributed by atoms with E-state index in [9.17, 15) is 10.4 Å². The van der Waals surface area contributed by atoms with Gasteiger partial charge in [0.25, 0.3) is 0 Å². The fourth-order valence-electron chi connectivity index (χ4n) is 5.72. The molecule has 40 heavy (non-hydrogen) atoms. The lowest BCUT2D eigenvalue weighted by Crippen LogP contribution is -2.31. The second-order valence-corrected chi connectivity index (χ2v) is 12.3. The van der Waals surface area contributed by atoms with E-state index in [1.165, 1.54) is 0 Å². The number of fused-ring (bicyclic) bond motifs is 1. The molecule has 2 aromatic carbocycles. The van der Waals surface area contributed by atoms with Crippen molar-refractivity contribution in [3.8, 4) is 6.07 Å². The predicted molar refractivity (Wildman–Crippen MR) is 158 cm³/mol. The summed E-state index contributed by atoms with van der Waals surface area (Å²) < 4.78 is 7.91. The highest BCUT2D eigenvalue weighted by atomic mass is 35.5. The minimum atomic E-state index is -0.764. The molecule has 0 spiro atoms. The van der Waals surface area contributed by atoms with Crippen LogP contribution in [0.1, 0.15) is 48.4 Å². The van der Waals surface area contributed by atoms with Crippen molar-refractivity contribution in [1.29, 1.82) is 5.26 Å². The Labute approximate surface area is 242 Å². The van der Waals surface area contributed by atoms with Crippen LogP contribution >= 0.6 is 23.4 Å². The van der Waals surface area contributed by atoms with Gasteiger partial charge in [-0.3, -0.25) is 0 Å². The quantitative estimate of drug-likeness (QED) is 0.279. The molecule has 3 heterocycles. The number of nitriles is 1. The van der Waals surface area contributed by atoms with Crippen molar-refractivity contribution in [2.24, 2.45) is 5.92 Å². The second-order valence-electron chi connectivity index (χ2n) is 10.6. The van der Waals surface area contributed by atoms with Crippen molar-refractivity contribution in [2.45, 2.75) is 42.2 Å². The number of allylic oxidation sites excluding steroid dienone is 3. The van der Waals surface area contributed by atoms with Crippen molar-refractivity contribution >= 4 is 40.0 Å². The van der Waals surface area contributed by atoms with E-state index in [1.807, 2.05) is 36.7 Å². The Kier molecular flexibility index (Phi) is 7.32. The van der Waals surface area contributed by atoms with Crippen LogP contribution in [0.4, 0.5) is 0 Å². The summed E-state index contributed by atoms with van der Waals surface area (Å²) in [5.74, 6) is 0.376. The first-order valence-corrected chi connectivity index (χ1v) is 14.6. The van der Waals surface area contributed by atoms with E-state index in [1.54, 1.807) is 23.9 Å². The lowest BCUT2D eigenvalue weighted by atomic mass is 9.79. The van der Waals surface area contributed by atoms with E-state index >= 15 is 0 Å². The molecule has 2 aliphatic rings. The van der Waals surface area contributed by atoms with Crippen molar-refractivity contribution < 1.29 is 9.52 Å². The van der Waals surface area contributed by atoms with Gasteiger partial charge in [-0.05, 0) is 67.9 Å². The van der Waals surface area contributed by atoms with Crippen LogP contribution in [0.15, 0.2) is 76.6 Å². The molecule has 0 amide bonds. The van der Waals surface area contributed by atoms with Gasteiger partial charge < -0.3 is 19.0 Å². The van der Waals surface area contributed by atoms with Crippen LogP contribution in [0.5, 0.6) is 0 Å². The Bertz CT molecular complexity index is 1660. The predicted octanol–water partition coefficient (Wildman–Crippen LogP) is 6.59. The molecular formula is C31H30ClN5O2S. The number of piperidine rings is 1. The maximum absolute atomic E-state index is 9.81. The van der Waals surface area contributed by atoms with Crippen LogP contribution in [0.2, 0.25) is 5.02 Å². The summed E-state index contributed by atoms with van der Waals surface area (Å²) in [5, 5.41) is 21.1. The summed E-state index contributed by atoms with van der Waals surface area (Å²) >= 11 is 8.27. The van der Waals surface area contributed by atoms with E-state index in [4.69, 9.17) is 26.0 Å². The molecule has 1 saturated heterocycles. The molecule has 9 heteroatoms. The molecule has 1 fully saturated rings. The van der Waals surface area contributed by atoms with Crippen LogP contribution in [0.25, 0.3) is 16.7 Å². The van der Waals surface area contributed by atoms with Gasteiger partial charge in [-0.25, -0.2) is 9.97 Å². The van der Waals surface area contributed by atoms with E-state index in [-0.39, 0.29) is 12.5 Å². The Balaban J connectivity index is 1.45. The highest BCUT2D eigenvalue weighted by molar-refractivity contribution is 8.00. The van der Waals surface area contributed by atoms with Gasteiger partial charge in [-0.1, -0.05) is 66.7 Å². The highest BCUT2D eigenvalue weighted by Gasteiger charge is 2.46. The standard InChI is InChI=1S/C31H30ClN5O2S/c1-20-24(25-6-3-4-8-26(25)32)7-5-11-31(20,30-35-27-15-21(18-38)14-22(16-33)29(27)39-30)40-28-17-37(19-34-28)23-9-12-36(2)13-10-23/h3-8,11,14-15,17,19-20,23,38H,9-10,12-13,18H2,1-2H3. The van der Waals surface area contributed by atoms with Crippen molar-refractivity contribution in [1.82, 2.24) is 19.4 Å². The number of oxazole rings is 1. The molecule has 7 nitrogen and oxygen atoms in total. The number of rotatable bonds is 6. The number of halogens is 1. The van der Waals surface area contributed by atoms with Gasteiger partial charge in [0, 0.05) is 23.2 Å². The molecule has 4 aromatic rings. The van der Waals surface area contributed by atoms with Crippen LogP contribution in [-0.2, 0) is 11.4 Å². The molecule has 0 saturated carbocycles. The lowest BCUT2D eigenvalue weighted by molar-refractivity contribution is 0.221. The van der Waals surface area contributed by atoms with E-state index in [0.717, 1.165) is 42.1 Å². The Morgan fingerprint density at radius 1 is 1.25 bits per heavy atom. The molecule has 1 aliphatic heterocycles. The zero-order valence-corrected chi connectivity index (χ0v) is 24.0. The summed E-state index contributed by atoms with van der Waals surface area (Å²) in [6.07, 6.45) is 12.5. The average Bonchev–Trinajstić information content (AvgIpc) is 3.62. The molecule has 2 unspecified atom stereocenters. The fourth-order valence-corrected chi connectivity index (χ4v) is 7.21. The smallest absolute Gasteiger partial charge is 0.216 e. The first-order valence-electron chi connectivity index (χ1n) is 13.4. The van der Waals surface area contributed by atoms with Gasteiger partial charge in [0.1, 0.15) is 21.4 Å². The Hall–Kier alpha value is -3.35. The Morgan fingerprint density at radius 2 is 2.05 bits per heavy atom. The number of aliphatic hydroxyl groups is 1. The number of aromatic nitrogens is 3. The summed E-state index contributed by atoms with van der Waals surface area (Å²) in [6, 6.07) is 13.9. The average molecular weight is 572 g/mol. The molecule has 1 N–H and O–H groups in total. The molecule has 2 atom stereocenters. The first-order chi connectivity index (χ1) is 19.4. The van der Waals surface area contributed by atoms with Crippen molar-refractivity contribution in [3.05, 3.63) is 94.8 Å². The SMILES string of the molecule is CC1C(c2ccccc2Cl)=CC=CC1(Sc1cn(C2CCN(C)CC2)cn1)c1nc2cc(CO)cc(C#N)c2o1. The van der Waals surface area contributed by atoms with Gasteiger partial charge in [0.05, 0.1) is 18.5 Å². The fraction of sp³-hybridized carbons (Fsp3) is 0.323. The van der Waals surface area contributed by atoms with Gasteiger partial charge in [0.2, 0.25) is 5.89 Å². The van der Waals surface area contributed by atoms with Crippen LogP contribution in [0.3, 0.4) is 0 Å². The third kappa shape index (κ3) is 4.77. The lowest BCUT2D eigenvalue weighted by Gasteiger charge is -2.36. The second kappa shape index (κ2) is 10.9. The molecule has 0 bridgehead atoms. The van der Waals surface area contributed by atoms with Gasteiger partial charge in [-0.2, -0.15) is 5.26 Å². The summed E-state index contributed by atoms with van der Waals surface area (Å²) in [7, 11) is 2.16. The minimum absolute atomic E-state index is 0.105. The van der Waals surface area contributed by atoms with E-state index < -0.39 is 4.75 Å². The number of nitrogens with zero attached hydrogens (tertiary/aromatic N) is 5. The number of hydrogen-bond acceptors (Lipinski definition) is 7. The van der Waals surface area contributed by atoms with Gasteiger partial charge in [-0.15, -0.1) is 0 Å². The van der Waals surface area contributed by atoms with Crippen molar-refractivity contribution in [3.63, 3.8) is 0 Å². The molecule has 204 valence electrons. The van der Waals surface area contributed by atoms with Crippen LogP contribution < -0.4 is 0 Å². The summed E-state index contributed by atoms with van der Waals surface area (Å²) in [5.41, 5.74) is 3.95. The normalized spacial score (nSPS) is 22.0. The first kappa shape index (κ1) is 26.9. The molecule has 1 aliphatic carbocycles.